The number of nitrogens with zero attached hydrogens (tertiary/aromatic N) is 2. The van der Waals surface area contributed by atoms with Gasteiger partial charge in [0, 0.05) is 11.1 Å². The first-order valence-corrected chi connectivity index (χ1v) is 11.2. The second-order valence-electron chi connectivity index (χ2n) is 6.62. The molecule has 30 heavy (non-hydrogen) atoms. The predicted molar refractivity (Wildman–Crippen MR) is 110 cm³/mol. The maximum atomic E-state index is 11.9. The summed E-state index contributed by atoms with van der Waals surface area (Å²) in [6.07, 6.45) is 0. The largest absolute Gasteiger partial charge is 0.505 e. The first-order valence-electron chi connectivity index (χ1n) is 8.32. The van der Waals surface area contributed by atoms with Crippen molar-refractivity contribution in [2.75, 3.05) is 5.73 Å². The van der Waals surface area contributed by atoms with Crippen molar-refractivity contribution >= 4 is 48.1 Å². The summed E-state index contributed by atoms with van der Waals surface area (Å²) in [5, 5.41) is 18.1. The van der Waals surface area contributed by atoms with E-state index >= 15 is 0 Å². The molecule has 12 heteroatoms. The molecule has 158 valence electrons. The molecule has 0 atom stereocenters. The van der Waals surface area contributed by atoms with Crippen LogP contribution in [0.4, 0.5) is 17.1 Å². The summed E-state index contributed by atoms with van der Waals surface area (Å²) in [5.41, 5.74) is 7.09. The summed E-state index contributed by atoms with van der Waals surface area (Å²) < 4.78 is 65.4. The Balaban J connectivity index is 2.34. The van der Waals surface area contributed by atoms with Crippen LogP contribution >= 0.6 is 0 Å². The first kappa shape index (κ1) is 21.6. The van der Waals surface area contributed by atoms with Crippen molar-refractivity contribution in [2.45, 2.75) is 23.6 Å². The zero-order chi connectivity index (χ0) is 22.4. The number of fused-ring (bicyclic) bond motifs is 1. The number of rotatable bonds is 4. The summed E-state index contributed by atoms with van der Waals surface area (Å²) in [6.45, 7) is 3.64. The standard InChI is InChI=1S/C18H17N3O7S2/c1-9-3-4-14(10(2)5-9)20-21-17-15(30(26,27)28)7-11-6-12(29(23,24)25)8-13(19)16(11)18(17)22/h3-8,22H,19H2,1-2H3,(H,23,24,25)(H,26,27,28). The van der Waals surface area contributed by atoms with E-state index in [4.69, 9.17) is 5.73 Å². The van der Waals surface area contributed by atoms with Crippen molar-refractivity contribution < 1.29 is 31.0 Å². The van der Waals surface area contributed by atoms with E-state index in [1.807, 2.05) is 13.0 Å². The highest BCUT2D eigenvalue weighted by Crippen LogP contribution is 2.44. The van der Waals surface area contributed by atoms with Gasteiger partial charge in [0.25, 0.3) is 20.2 Å². The van der Waals surface area contributed by atoms with Gasteiger partial charge < -0.3 is 10.8 Å². The zero-order valence-electron chi connectivity index (χ0n) is 15.7. The van der Waals surface area contributed by atoms with Gasteiger partial charge in [0.1, 0.15) is 10.6 Å². The van der Waals surface area contributed by atoms with Crippen molar-refractivity contribution in [3.8, 4) is 5.75 Å². The van der Waals surface area contributed by atoms with E-state index in [1.165, 1.54) is 0 Å². The first-order chi connectivity index (χ1) is 13.8. The maximum absolute atomic E-state index is 11.9. The Labute approximate surface area is 172 Å². The Kier molecular flexibility index (Phi) is 5.28. The van der Waals surface area contributed by atoms with Gasteiger partial charge in [-0.3, -0.25) is 9.11 Å². The van der Waals surface area contributed by atoms with E-state index in [0.29, 0.717) is 5.69 Å². The lowest BCUT2D eigenvalue weighted by Gasteiger charge is -2.12. The third kappa shape index (κ3) is 4.11. The van der Waals surface area contributed by atoms with E-state index in [0.717, 1.165) is 29.3 Å². The van der Waals surface area contributed by atoms with Gasteiger partial charge in [-0.25, -0.2) is 0 Å². The van der Waals surface area contributed by atoms with Crippen LogP contribution in [0.5, 0.6) is 5.75 Å². The average Bonchev–Trinajstić information content (AvgIpc) is 2.60. The molecule has 5 N–H and O–H groups in total. The molecule has 10 nitrogen and oxygen atoms in total. The number of aryl methyl sites for hydroxylation is 2. The molecule has 0 amide bonds. The molecular weight excluding hydrogens is 434 g/mol. The molecule has 3 rings (SSSR count). The van der Waals surface area contributed by atoms with Crippen molar-refractivity contribution in [2.24, 2.45) is 10.2 Å². The summed E-state index contributed by atoms with van der Waals surface area (Å²) >= 11 is 0. The number of benzene rings is 3. The molecule has 0 bridgehead atoms. The SMILES string of the molecule is Cc1ccc(N=Nc2c(S(=O)(=O)O)cc3cc(S(=O)(=O)O)cc(N)c3c2O)c(C)c1. The van der Waals surface area contributed by atoms with Gasteiger partial charge in [-0.15, -0.1) is 5.11 Å². The molecule has 0 aromatic heterocycles. The summed E-state index contributed by atoms with van der Waals surface area (Å²) in [4.78, 5) is -1.43. The Morgan fingerprint density at radius 1 is 0.900 bits per heavy atom. The second-order valence-corrected chi connectivity index (χ2v) is 9.43. The van der Waals surface area contributed by atoms with Crippen LogP contribution < -0.4 is 5.73 Å². The minimum atomic E-state index is -4.90. The summed E-state index contributed by atoms with van der Waals surface area (Å²) in [7, 11) is -9.55. The van der Waals surface area contributed by atoms with Crippen LogP contribution in [0, 0.1) is 13.8 Å². The molecule has 0 aliphatic heterocycles. The second kappa shape index (κ2) is 7.32. The highest BCUT2D eigenvalue weighted by atomic mass is 32.2. The lowest BCUT2D eigenvalue weighted by molar-refractivity contribution is 0.472. The highest BCUT2D eigenvalue weighted by molar-refractivity contribution is 7.86. The smallest absolute Gasteiger partial charge is 0.296 e. The molecule has 0 radical (unpaired) electrons. The van der Waals surface area contributed by atoms with Crippen molar-refractivity contribution in [1.29, 1.82) is 0 Å². The Morgan fingerprint density at radius 3 is 2.13 bits per heavy atom. The zero-order valence-corrected chi connectivity index (χ0v) is 17.4. The molecule has 0 aliphatic rings. The fourth-order valence-corrected chi connectivity index (χ4v) is 4.16. The third-order valence-electron chi connectivity index (χ3n) is 4.34. The Bertz CT molecular complexity index is 1430. The van der Waals surface area contributed by atoms with Gasteiger partial charge in [0.05, 0.1) is 10.6 Å². The van der Waals surface area contributed by atoms with Crippen molar-refractivity contribution in [3.05, 3.63) is 47.5 Å². The van der Waals surface area contributed by atoms with Crippen molar-refractivity contribution in [1.82, 2.24) is 0 Å². The molecule has 0 saturated heterocycles. The molecule has 0 heterocycles. The summed E-state index contributed by atoms with van der Waals surface area (Å²) in [6, 6.07) is 7.92. The number of aromatic hydroxyl groups is 1. The number of nitrogen functional groups attached to an aromatic ring is 1. The molecule has 3 aromatic rings. The highest BCUT2D eigenvalue weighted by Gasteiger charge is 2.24. The predicted octanol–water partition coefficient (Wildman–Crippen LogP) is 3.65. The molecule has 0 aliphatic carbocycles. The van der Waals surface area contributed by atoms with Crippen molar-refractivity contribution in [3.63, 3.8) is 0 Å². The number of hydrogen-bond donors (Lipinski definition) is 4. The normalized spacial score (nSPS) is 12.7. The maximum Gasteiger partial charge on any atom is 0.296 e. The number of phenolic OH excluding ortho intramolecular Hbond substituents is 1. The number of azo groups is 1. The number of anilines is 1. The monoisotopic (exact) mass is 451 g/mol. The van der Waals surface area contributed by atoms with Gasteiger partial charge in [0.15, 0.2) is 5.75 Å². The topological polar surface area (TPSA) is 180 Å². The van der Waals surface area contributed by atoms with E-state index in [9.17, 15) is 31.0 Å². The van der Waals surface area contributed by atoms with Gasteiger partial charge in [-0.05, 0) is 49.1 Å². The van der Waals surface area contributed by atoms with E-state index < -0.39 is 41.5 Å². The number of phenols is 1. The Hall–Kier alpha value is -3.06. The fourth-order valence-electron chi connectivity index (χ4n) is 2.95. The van der Waals surface area contributed by atoms with Crippen LogP contribution in [0.1, 0.15) is 11.1 Å². The van der Waals surface area contributed by atoms with Crippen LogP contribution in [-0.4, -0.2) is 31.0 Å². The molecule has 0 unspecified atom stereocenters. The third-order valence-corrected chi connectivity index (χ3v) is 6.04. The lowest BCUT2D eigenvalue weighted by atomic mass is 10.1. The fraction of sp³-hybridized carbons (Fsp3) is 0.111. The van der Waals surface area contributed by atoms with Crippen LogP contribution in [0.2, 0.25) is 0 Å². The van der Waals surface area contributed by atoms with Gasteiger partial charge in [-0.2, -0.15) is 21.9 Å². The lowest BCUT2D eigenvalue weighted by Crippen LogP contribution is -2.02. The Morgan fingerprint density at radius 2 is 1.57 bits per heavy atom. The minimum absolute atomic E-state index is 0.121. The van der Waals surface area contributed by atoms with E-state index in [-0.39, 0.29) is 16.5 Å². The summed E-state index contributed by atoms with van der Waals surface area (Å²) in [5.74, 6) is -0.729. The van der Waals surface area contributed by atoms with Crippen LogP contribution in [0.15, 0.2) is 56.4 Å². The molecule has 3 aromatic carbocycles. The minimum Gasteiger partial charge on any atom is -0.505 e. The van der Waals surface area contributed by atoms with Gasteiger partial charge in [-0.1, -0.05) is 17.7 Å². The molecule has 0 fully saturated rings. The van der Waals surface area contributed by atoms with Gasteiger partial charge >= 0.3 is 0 Å². The number of nitrogens with two attached hydrogens (primary N) is 1. The molecule has 0 saturated carbocycles. The molecular formula is C18H17N3O7S2. The van der Waals surface area contributed by atoms with Gasteiger partial charge in [0.2, 0.25) is 0 Å². The van der Waals surface area contributed by atoms with Crippen LogP contribution in [0.25, 0.3) is 10.8 Å². The quantitative estimate of drug-likeness (QED) is 0.263. The van der Waals surface area contributed by atoms with E-state index in [2.05, 4.69) is 10.2 Å². The molecule has 0 spiro atoms. The number of hydrogen-bond acceptors (Lipinski definition) is 8. The average molecular weight is 451 g/mol. The van der Waals surface area contributed by atoms with Crippen LogP contribution in [-0.2, 0) is 20.2 Å². The van der Waals surface area contributed by atoms with Crippen LogP contribution in [0.3, 0.4) is 0 Å². The van der Waals surface area contributed by atoms with E-state index in [1.54, 1.807) is 19.1 Å².